The van der Waals surface area contributed by atoms with E-state index in [0.717, 1.165) is 32.1 Å². The summed E-state index contributed by atoms with van der Waals surface area (Å²) >= 11 is 0. The van der Waals surface area contributed by atoms with Crippen molar-refractivity contribution in [2.45, 2.75) is 25.0 Å². The Morgan fingerprint density at radius 3 is 2.67 bits per heavy atom. The maximum absolute atomic E-state index is 13.1. The third-order valence-corrected chi connectivity index (χ3v) is 4.00. The Morgan fingerprint density at radius 2 is 2.00 bits per heavy atom. The van der Waals surface area contributed by atoms with Crippen LogP contribution in [0.1, 0.15) is 18.4 Å². The minimum Gasteiger partial charge on any atom is -0.373 e. The second-order valence-electron chi connectivity index (χ2n) is 5.60. The van der Waals surface area contributed by atoms with Crippen LogP contribution in [-0.4, -0.2) is 31.1 Å². The number of piperidine rings is 1. The standard InChI is InChI=1S/C16H17F2NO2/c17-12-5-10(6-13(18)8-12)1-2-15(20)14-7-11(3-4-19-14)16-9-21-16/h1-2,5-6,8,11,14,16,19H,3-4,7,9H2/t11?,14?,16-/m1/s1. The van der Waals surface area contributed by atoms with E-state index in [1.807, 2.05) is 0 Å². The van der Waals surface area contributed by atoms with Gasteiger partial charge in [0.15, 0.2) is 5.78 Å². The van der Waals surface area contributed by atoms with Gasteiger partial charge in [-0.3, -0.25) is 4.79 Å². The first-order valence-corrected chi connectivity index (χ1v) is 7.15. The summed E-state index contributed by atoms with van der Waals surface area (Å²) in [5.41, 5.74) is 0.346. The van der Waals surface area contributed by atoms with Crippen molar-refractivity contribution in [1.82, 2.24) is 5.32 Å². The molecule has 1 N–H and O–H groups in total. The van der Waals surface area contributed by atoms with Crippen LogP contribution in [0.15, 0.2) is 24.3 Å². The summed E-state index contributed by atoms with van der Waals surface area (Å²) in [4.78, 5) is 12.2. The minimum absolute atomic E-state index is 0.0648. The smallest absolute Gasteiger partial charge is 0.172 e. The third-order valence-electron chi connectivity index (χ3n) is 4.00. The largest absolute Gasteiger partial charge is 0.373 e. The first-order chi connectivity index (χ1) is 10.1. The lowest BCUT2D eigenvalue weighted by molar-refractivity contribution is -0.117. The molecule has 2 aliphatic heterocycles. The molecule has 1 aromatic rings. The summed E-state index contributed by atoms with van der Waals surface area (Å²) in [7, 11) is 0. The van der Waals surface area contributed by atoms with Gasteiger partial charge in [-0.1, -0.05) is 6.08 Å². The summed E-state index contributed by atoms with van der Waals surface area (Å²) in [6.45, 7) is 1.59. The monoisotopic (exact) mass is 293 g/mol. The molecule has 5 heteroatoms. The lowest BCUT2D eigenvalue weighted by Crippen LogP contribution is -2.44. The number of nitrogens with one attached hydrogen (secondary N) is 1. The number of benzene rings is 1. The quantitative estimate of drug-likeness (QED) is 0.684. The molecule has 2 fully saturated rings. The van der Waals surface area contributed by atoms with Crippen molar-refractivity contribution in [2.24, 2.45) is 5.92 Å². The van der Waals surface area contributed by atoms with Gasteiger partial charge in [0.1, 0.15) is 11.6 Å². The average Bonchev–Trinajstić information content (AvgIpc) is 3.28. The molecule has 0 aliphatic carbocycles. The van der Waals surface area contributed by atoms with Crippen LogP contribution in [0.5, 0.6) is 0 Å². The van der Waals surface area contributed by atoms with Crippen LogP contribution in [0.4, 0.5) is 8.78 Å². The second-order valence-corrected chi connectivity index (χ2v) is 5.60. The lowest BCUT2D eigenvalue weighted by Gasteiger charge is -2.27. The highest BCUT2D eigenvalue weighted by molar-refractivity contribution is 5.97. The summed E-state index contributed by atoms with van der Waals surface area (Å²) in [6, 6.07) is 2.97. The molecule has 112 valence electrons. The number of carbonyl (C=O) groups excluding carboxylic acids is 1. The van der Waals surface area contributed by atoms with Gasteiger partial charge in [-0.15, -0.1) is 0 Å². The van der Waals surface area contributed by atoms with Gasteiger partial charge in [-0.25, -0.2) is 8.78 Å². The summed E-state index contributed by atoms with van der Waals surface area (Å²) in [5, 5.41) is 3.19. The van der Waals surface area contributed by atoms with E-state index < -0.39 is 11.6 Å². The fourth-order valence-electron chi connectivity index (χ4n) is 2.79. The van der Waals surface area contributed by atoms with E-state index >= 15 is 0 Å². The normalized spacial score (nSPS) is 28.8. The van der Waals surface area contributed by atoms with Crippen LogP contribution >= 0.6 is 0 Å². The first-order valence-electron chi connectivity index (χ1n) is 7.15. The second kappa shape index (κ2) is 6.03. The van der Waals surface area contributed by atoms with Gasteiger partial charge in [0.05, 0.1) is 18.8 Å². The predicted octanol–water partition coefficient (Wildman–Crippen LogP) is 2.31. The van der Waals surface area contributed by atoms with E-state index in [-0.39, 0.29) is 11.8 Å². The molecule has 2 unspecified atom stereocenters. The van der Waals surface area contributed by atoms with Crippen molar-refractivity contribution in [2.75, 3.05) is 13.2 Å². The van der Waals surface area contributed by atoms with E-state index in [1.165, 1.54) is 24.3 Å². The van der Waals surface area contributed by atoms with Gasteiger partial charge in [0.2, 0.25) is 0 Å². The zero-order chi connectivity index (χ0) is 14.8. The van der Waals surface area contributed by atoms with Crippen molar-refractivity contribution in [3.8, 4) is 0 Å². The van der Waals surface area contributed by atoms with E-state index in [2.05, 4.69) is 5.32 Å². The number of ketones is 1. The molecule has 3 nitrogen and oxygen atoms in total. The number of hydrogen-bond acceptors (Lipinski definition) is 3. The van der Waals surface area contributed by atoms with Gasteiger partial charge in [-0.05, 0) is 49.1 Å². The molecule has 0 radical (unpaired) electrons. The first kappa shape index (κ1) is 14.4. The topological polar surface area (TPSA) is 41.6 Å². The number of hydrogen-bond donors (Lipinski definition) is 1. The Bertz CT molecular complexity index is 549. The molecule has 2 saturated heterocycles. The van der Waals surface area contributed by atoms with Crippen LogP contribution in [0.25, 0.3) is 6.08 Å². The van der Waals surface area contributed by atoms with Crippen LogP contribution in [0.2, 0.25) is 0 Å². The van der Waals surface area contributed by atoms with Crippen molar-refractivity contribution >= 4 is 11.9 Å². The highest BCUT2D eigenvalue weighted by atomic mass is 19.1. The molecule has 0 bridgehead atoms. The molecule has 2 aliphatic rings. The van der Waals surface area contributed by atoms with Crippen molar-refractivity contribution in [3.63, 3.8) is 0 Å². The minimum atomic E-state index is -0.649. The molecule has 0 spiro atoms. The van der Waals surface area contributed by atoms with Crippen molar-refractivity contribution in [1.29, 1.82) is 0 Å². The van der Waals surface area contributed by atoms with Gasteiger partial charge < -0.3 is 10.1 Å². The molecule has 0 amide bonds. The predicted molar refractivity (Wildman–Crippen MR) is 74.7 cm³/mol. The van der Waals surface area contributed by atoms with Gasteiger partial charge in [0.25, 0.3) is 0 Å². The summed E-state index contributed by atoms with van der Waals surface area (Å²) in [5.74, 6) is -0.932. The third kappa shape index (κ3) is 3.74. The van der Waals surface area contributed by atoms with Crippen LogP contribution in [-0.2, 0) is 9.53 Å². The summed E-state index contributed by atoms with van der Waals surface area (Å²) in [6.07, 6.45) is 4.93. The van der Waals surface area contributed by atoms with E-state index in [9.17, 15) is 13.6 Å². The highest BCUT2D eigenvalue weighted by Gasteiger charge is 2.37. The maximum Gasteiger partial charge on any atom is 0.172 e. The van der Waals surface area contributed by atoms with Gasteiger partial charge >= 0.3 is 0 Å². The number of ether oxygens (including phenoxy) is 1. The Morgan fingerprint density at radius 1 is 1.29 bits per heavy atom. The van der Waals surface area contributed by atoms with Crippen molar-refractivity contribution in [3.05, 3.63) is 41.5 Å². The molecule has 1 aromatic carbocycles. The van der Waals surface area contributed by atoms with E-state index in [0.29, 0.717) is 17.6 Å². The van der Waals surface area contributed by atoms with E-state index in [4.69, 9.17) is 4.74 Å². The van der Waals surface area contributed by atoms with Crippen LogP contribution in [0.3, 0.4) is 0 Å². The molecule has 0 aromatic heterocycles. The van der Waals surface area contributed by atoms with Gasteiger partial charge in [0, 0.05) is 6.07 Å². The molecule has 3 rings (SSSR count). The number of epoxide rings is 1. The van der Waals surface area contributed by atoms with E-state index in [1.54, 1.807) is 0 Å². The fraction of sp³-hybridized carbons (Fsp3) is 0.438. The van der Waals surface area contributed by atoms with Crippen molar-refractivity contribution < 1.29 is 18.3 Å². The fourth-order valence-corrected chi connectivity index (χ4v) is 2.79. The van der Waals surface area contributed by atoms with Crippen LogP contribution < -0.4 is 5.32 Å². The molecule has 3 atom stereocenters. The highest BCUT2D eigenvalue weighted by Crippen LogP contribution is 2.29. The molecule has 2 heterocycles. The number of halogens is 2. The Kier molecular flexibility index (Phi) is 4.12. The van der Waals surface area contributed by atoms with Crippen LogP contribution in [0, 0.1) is 17.6 Å². The van der Waals surface area contributed by atoms with Gasteiger partial charge in [-0.2, -0.15) is 0 Å². The number of carbonyl (C=O) groups is 1. The molecular formula is C16H17F2NO2. The zero-order valence-electron chi connectivity index (χ0n) is 11.5. The lowest BCUT2D eigenvalue weighted by atomic mass is 9.88. The summed E-state index contributed by atoms with van der Waals surface area (Å²) < 4.78 is 31.4. The average molecular weight is 293 g/mol. The Hall–Kier alpha value is -1.59. The Balaban J connectivity index is 1.63. The maximum atomic E-state index is 13.1. The molecular weight excluding hydrogens is 276 g/mol. The molecule has 0 saturated carbocycles. The number of rotatable bonds is 4. The Labute approximate surface area is 122 Å². The SMILES string of the molecule is O=C(C=Cc1cc(F)cc(F)c1)C1CC([C@H]2CO2)CCN1. The molecule has 21 heavy (non-hydrogen) atoms. The zero-order valence-corrected chi connectivity index (χ0v) is 11.5.